The fraction of sp³-hybridized carbons (Fsp3) is 0.200. The molecule has 2 aliphatic heterocycles. The predicted octanol–water partition coefficient (Wildman–Crippen LogP) is 5.05. The number of anilines is 1. The van der Waals surface area contributed by atoms with Gasteiger partial charge in [-0.2, -0.15) is 0 Å². The molecule has 1 aromatic heterocycles. The van der Waals surface area contributed by atoms with Crippen LogP contribution in [-0.4, -0.2) is 40.6 Å². The van der Waals surface area contributed by atoms with Crippen molar-refractivity contribution in [3.63, 3.8) is 0 Å². The molecule has 17 heteroatoms. The van der Waals surface area contributed by atoms with Crippen molar-refractivity contribution in [1.82, 2.24) is 13.9 Å². The van der Waals surface area contributed by atoms with Gasteiger partial charge in [0.05, 0.1) is 18.3 Å². The maximum atomic E-state index is 15.1. The third kappa shape index (κ3) is 3.88. The van der Waals surface area contributed by atoms with Crippen LogP contribution in [0.5, 0.6) is 5.75 Å². The van der Waals surface area contributed by atoms with Gasteiger partial charge in [-0.3, -0.25) is 9.59 Å². The summed E-state index contributed by atoms with van der Waals surface area (Å²) in [7, 11) is 0. The van der Waals surface area contributed by atoms with E-state index in [1.54, 1.807) is 18.2 Å². The summed E-state index contributed by atoms with van der Waals surface area (Å²) in [5.74, 6) is -17.6. The quantitative estimate of drug-likeness (QED) is 0.0799. The number of carbonyl (C=O) groups excluding carboxylic acids is 2. The van der Waals surface area contributed by atoms with Crippen molar-refractivity contribution in [2.24, 2.45) is 0 Å². The Kier molecular flexibility index (Phi) is 6.84. The van der Waals surface area contributed by atoms with Gasteiger partial charge in [0.1, 0.15) is 11.4 Å². The van der Waals surface area contributed by atoms with Gasteiger partial charge in [0.2, 0.25) is 5.82 Å². The second kappa shape index (κ2) is 10.3. The summed E-state index contributed by atoms with van der Waals surface area (Å²) in [6.45, 7) is -0.266. The van der Waals surface area contributed by atoms with Gasteiger partial charge in [-0.25, -0.2) is 50.4 Å². The number of fused-ring (bicyclic) bond motifs is 4. The van der Waals surface area contributed by atoms with E-state index in [1.165, 1.54) is 24.3 Å². The van der Waals surface area contributed by atoms with E-state index in [2.05, 4.69) is 0 Å². The van der Waals surface area contributed by atoms with E-state index in [1.807, 2.05) is 0 Å². The molecule has 3 aromatic carbocycles. The number of allylic oxidation sites excluding steroid dienone is 2. The lowest BCUT2D eigenvalue weighted by molar-refractivity contribution is -0.122. The molecule has 0 unspecified atom stereocenters. The number of benzene rings is 3. The van der Waals surface area contributed by atoms with Crippen LogP contribution in [0.2, 0.25) is 5.02 Å². The average Bonchev–Trinajstić information content (AvgIpc) is 3.38. The van der Waals surface area contributed by atoms with E-state index in [4.69, 9.17) is 34.8 Å². The van der Waals surface area contributed by atoms with Crippen molar-refractivity contribution in [1.29, 1.82) is 0 Å². The summed E-state index contributed by atoms with van der Waals surface area (Å²) < 4.78 is 75.7. The third-order valence-electron chi connectivity index (χ3n) is 8.80. The number of phenolic OH excluding ortho intramolecular Hbond substituents is 1. The summed E-state index contributed by atoms with van der Waals surface area (Å²) in [5, 5.41) is 9.82. The Morgan fingerprint density at radius 3 is 2.04 bits per heavy atom. The molecular formula is C30H16Cl3F5N4O5. The lowest BCUT2D eigenvalue weighted by atomic mass is 9.64. The van der Waals surface area contributed by atoms with Crippen LogP contribution in [0.15, 0.2) is 69.8 Å². The smallest absolute Gasteiger partial charge is 0.352 e. The van der Waals surface area contributed by atoms with Crippen LogP contribution in [0.3, 0.4) is 0 Å². The molecule has 0 radical (unpaired) electrons. The summed E-state index contributed by atoms with van der Waals surface area (Å²) in [5.41, 5.74) is -3.29. The molecule has 242 valence electrons. The molecule has 9 nitrogen and oxygen atoms in total. The zero-order valence-electron chi connectivity index (χ0n) is 23.2. The molecule has 1 N–H and O–H groups in total. The lowest BCUT2D eigenvalue weighted by Gasteiger charge is -2.49. The number of rotatable bonds is 3. The van der Waals surface area contributed by atoms with Crippen LogP contribution >= 0.6 is 34.8 Å². The van der Waals surface area contributed by atoms with Gasteiger partial charge in [0, 0.05) is 17.4 Å². The van der Waals surface area contributed by atoms with Gasteiger partial charge < -0.3 is 5.11 Å². The zero-order valence-corrected chi connectivity index (χ0v) is 25.4. The minimum Gasteiger partial charge on any atom is -0.508 e. The number of hydrogen-bond donors (Lipinski definition) is 1. The summed E-state index contributed by atoms with van der Waals surface area (Å²) in [6.07, 6.45) is 0.679. The van der Waals surface area contributed by atoms with E-state index in [0.717, 1.165) is 26.1 Å². The van der Waals surface area contributed by atoms with Crippen LogP contribution in [0.1, 0.15) is 23.9 Å². The van der Waals surface area contributed by atoms with Crippen LogP contribution in [0, 0.1) is 29.1 Å². The fourth-order valence-corrected chi connectivity index (χ4v) is 7.91. The lowest BCUT2D eigenvalue weighted by Crippen LogP contribution is -2.59. The third-order valence-corrected chi connectivity index (χ3v) is 10.5. The Bertz CT molecular complexity index is 2210. The first kappa shape index (κ1) is 31.2. The molecule has 1 saturated carbocycles. The average molecular weight is 714 g/mol. The molecule has 4 atom stereocenters. The molecule has 2 amide bonds. The van der Waals surface area contributed by atoms with Gasteiger partial charge >= 0.3 is 11.4 Å². The molecular weight excluding hydrogens is 698 g/mol. The van der Waals surface area contributed by atoms with Gasteiger partial charge in [0.15, 0.2) is 33.0 Å². The van der Waals surface area contributed by atoms with E-state index >= 15 is 8.78 Å². The molecule has 0 bridgehead atoms. The van der Waals surface area contributed by atoms with Crippen molar-refractivity contribution in [3.05, 3.63) is 121 Å². The summed E-state index contributed by atoms with van der Waals surface area (Å²) in [6, 6.07) is 9.94. The molecule has 3 aliphatic rings. The Labute approximate surface area is 274 Å². The fourth-order valence-electron chi connectivity index (χ4n) is 6.72. The standard InChI is InChI=1S/C30H16Cl3F5N4O5/c31-16-10-13(43)6-7-14(16)18-15-8-9-39-27(46)40(12-4-2-1-3-5-12)28(47)42(39)17(15)11-29(32)25(44)41(26(45)30(18,29)33)24-22(37)20(35)19(34)21(36)23(24)38/h1-8,10,17-18,43H,9,11H2/t17-,18+,29-,30+/m1/s1. The van der Waals surface area contributed by atoms with E-state index in [9.17, 15) is 37.5 Å². The van der Waals surface area contributed by atoms with E-state index < -0.39 is 86.1 Å². The van der Waals surface area contributed by atoms with Crippen molar-refractivity contribution in [3.8, 4) is 11.4 Å². The predicted molar refractivity (Wildman–Crippen MR) is 158 cm³/mol. The van der Waals surface area contributed by atoms with Crippen molar-refractivity contribution in [2.75, 3.05) is 4.90 Å². The molecule has 1 aliphatic carbocycles. The van der Waals surface area contributed by atoms with Crippen molar-refractivity contribution >= 4 is 52.3 Å². The van der Waals surface area contributed by atoms with E-state index in [-0.39, 0.29) is 39.0 Å². The first-order chi connectivity index (χ1) is 22.2. The van der Waals surface area contributed by atoms with Gasteiger partial charge in [-0.15, -0.1) is 23.2 Å². The second-order valence-electron chi connectivity index (χ2n) is 11.1. The molecule has 0 spiro atoms. The minimum atomic E-state index is -2.76. The van der Waals surface area contributed by atoms with Gasteiger partial charge in [-0.1, -0.05) is 41.9 Å². The van der Waals surface area contributed by atoms with Crippen LogP contribution in [0.25, 0.3) is 5.69 Å². The zero-order chi connectivity index (χ0) is 33.9. The first-order valence-electron chi connectivity index (χ1n) is 13.6. The number of carbonyl (C=O) groups is 2. The topological polar surface area (TPSA) is 107 Å². The maximum absolute atomic E-state index is 15.1. The number of aromatic nitrogens is 3. The van der Waals surface area contributed by atoms with Crippen LogP contribution < -0.4 is 16.3 Å². The molecule has 47 heavy (non-hydrogen) atoms. The number of halogens is 8. The highest BCUT2D eigenvalue weighted by molar-refractivity contribution is 6.58. The number of alkyl halides is 2. The molecule has 1 saturated heterocycles. The maximum Gasteiger partial charge on any atom is 0.352 e. The number of hydrogen-bond acceptors (Lipinski definition) is 5. The number of amides is 2. The Hall–Kier alpha value is -4.40. The molecule has 2 fully saturated rings. The van der Waals surface area contributed by atoms with Crippen molar-refractivity contribution in [2.45, 2.75) is 34.7 Å². The van der Waals surface area contributed by atoms with Gasteiger partial charge in [-0.05, 0) is 35.4 Å². The normalized spacial score (nSPS) is 25.0. The highest BCUT2D eigenvalue weighted by Crippen LogP contribution is 2.64. The van der Waals surface area contributed by atoms with Crippen LogP contribution in [-0.2, 0) is 16.1 Å². The van der Waals surface area contributed by atoms with Crippen LogP contribution in [0.4, 0.5) is 27.6 Å². The number of phenols is 1. The van der Waals surface area contributed by atoms with Crippen molar-refractivity contribution < 1.29 is 36.6 Å². The highest BCUT2D eigenvalue weighted by Gasteiger charge is 2.76. The Balaban J connectivity index is 1.51. The van der Waals surface area contributed by atoms with Gasteiger partial charge in [0.25, 0.3) is 11.8 Å². The molecule has 4 aromatic rings. The Morgan fingerprint density at radius 1 is 0.809 bits per heavy atom. The number of para-hydroxylation sites is 1. The first-order valence-corrected chi connectivity index (χ1v) is 14.8. The van der Waals surface area contributed by atoms with E-state index in [0.29, 0.717) is 0 Å². The summed E-state index contributed by atoms with van der Waals surface area (Å²) in [4.78, 5) is 50.0. The SMILES string of the molecule is O=C1N(c2c(F)c(F)c(F)c(F)c2F)C(=O)[C@@]2(Cl)[C@@H](c3ccc(O)cc3Cl)C3=CCn4c(=O)n(-c5ccccc5)c(=O)n4[C@@H]3C[C@@]12Cl. The largest absolute Gasteiger partial charge is 0.508 e. The molecule has 3 heterocycles. The molecule has 7 rings (SSSR count). The number of nitrogens with zero attached hydrogens (tertiary/aromatic N) is 4. The monoisotopic (exact) mass is 712 g/mol. The second-order valence-corrected chi connectivity index (χ2v) is 12.8. The Morgan fingerprint density at radius 2 is 1.43 bits per heavy atom. The number of aromatic hydroxyl groups is 1. The highest BCUT2D eigenvalue weighted by atomic mass is 35.5. The summed E-state index contributed by atoms with van der Waals surface area (Å²) >= 11 is 20.5. The minimum absolute atomic E-state index is 0.0489. The number of imide groups is 1.